The van der Waals surface area contributed by atoms with Crippen molar-refractivity contribution in [3.63, 3.8) is 0 Å². The Balaban J connectivity index is 1.74. The highest BCUT2D eigenvalue weighted by molar-refractivity contribution is 6.02. The lowest BCUT2D eigenvalue weighted by molar-refractivity contribution is -0.386. The zero-order chi connectivity index (χ0) is 23.0. The Morgan fingerprint density at radius 3 is 2.38 bits per heavy atom. The van der Waals surface area contributed by atoms with Crippen LogP contribution in [0.5, 0.6) is 17.2 Å². The third kappa shape index (κ3) is 3.77. The Labute approximate surface area is 183 Å². The number of Topliss-reactive ketones (excluding diaryl/α,β-unsaturated/α-hetero) is 1. The first-order valence-corrected chi connectivity index (χ1v) is 10.1. The monoisotopic (exact) mass is 438 g/mol. The van der Waals surface area contributed by atoms with Gasteiger partial charge in [0, 0.05) is 36.1 Å². The molecule has 0 bridgehead atoms. The first kappa shape index (κ1) is 21.4. The summed E-state index contributed by atoms with van der Waals surface area (Å²) in [7, 11) is 2.86. The van der Waals surface area contributed by atoms with Gasteiger partial charge in [-0.15, -0.1) is 0 Å². The van der Waals surface area contributed by atoms with E-state index in [4.69, 9.17) is 9.47 Å². The lowest BCUT2D eigenvalue weighted by Crippen LogP contribution is -2.38. The van der Waals surface area contributed by atoms with E-state index in [-0.39, 0.29) is 36.2 Å². The van der Waals surface area contributed by atoms with Gasteiger partial charge in [0.25, 0.3) is 0 Å². The number of allylic oxidation sites excluding steroid dienone is 2. The van der Waals surface area contributed by atoms with E-state index in [1.807, 2.05) is 24.3 Å². The molecule has 1 aliphatic carbocycles. The second-order valence-electron chi connectivity index (χ2n) is 7.85. The predicted octanol–water partition coefficient (Wildman–Crippen LogP) is 3.32. The maximum Gasteiger partial charge on any atom is 0.314 e. The van der Waals surface area contributed by atoms with E-state index in [1.165, 1.54) is 19.2 Å². The van der Waals surface area contributed by atoms with E-state index in [1.54, 1.807) is 7.11 Å². The lowest BCUT2D eigenvalue weighted by atomic mass is 9.73. The number of ketones is 1. The Kier molecular flexibility index (Phi) is 5.56. The minimum absolute atomic E-state index is 0.0249. The fourth-order valence-corrected chi connectivity index (χ4v) is 4.47. The molecule has 0 aromatic heterocycles. The van der Waals surface area contributed by atoms with Crippen molar-refractivity contribution < 1.29 is 29.1 Å². The number of nitro benzene ring substituents is 1. The van der Waals surface area contributed by atoms with Gasteiger partial charge in [-0.3, -0.25) is 19.7 Å². The topological polar surface area (TPSA) is 128 Å². The molecule has 2 N–H and O–H groups in total. The molecule has 1 heterocycles. The minimum Gasteiger partial charge on any atom is -0.500 e. The number of benzene rings is 2. The minimum atomic E-state index is -0.720. The second-order valence-corrected chi connectivity index (χ2v) is 7.85. The number of nitro groups is 1. The van der Waals surface area contributed by atoms with Crippen molar-refractivity contribution in [1.29, 1.82) is 0 Å². The number of nitrogens with zero attached hydrogens (tertiary/aromatic N) is 1. The Morgan fingerprint density at radius 1 is 1.03 bits per heavy atom. The van der Waals surface area contributed by atoms with E-state index in [2.05, 4.69) is 5.32 Å². The summed E-state index contributed by atoms with van der Waals surface area (Å²) in [4.78, 5) is 36.4. The largest absolute Gasteiger partial charge is 0.500 e. The smallest absolute Gasteiger partial charge is 0.314 e. The van der Waals surface area contributed by atoms with E-state index < -0.39 is 22.3 Å². The average Bonchev–Trinajstić information content (AvgIpc) is 2.78. The molecule has 9 heteroatoms. The molecule has 2 aromatic carbocycles. The summed E-state index contributed by atoms with van der Waals surface area (Å²) in [5, 5.41) is 24.3. The summed E-state index contributed by atoms with van der Waals surface area (Å²) in [6, 6.07) is 10.1. The van der Waals surface area contributed by atoms with Crippen LogP contribution in [0, 0.1) is 10.1 Å². The standard InChI is InChI=1S/C23H22N2O7/c1-31-15-5-3-12(4-6-15)13-7-17-22(19(26)9-13)16(11-21(27)24-17)14-8-18(25(29)30)23(28)20(10-14)32-2/h3-6,8,10,13,16,28H,7,9,11H2,1-2H3,(H,24,27). The van der Waals surface area contributed by atoms with Crippen LogP contribution in [0.4, 0.5) is 5.69 Å². The predicted molar refractivity (Wildman–Crippen MR) is 114 cm³/mol. The first-order valence-electron chi connectivity index (χ1n) is 10.1. The second kappa shape index (κ2) is 8.33. The van der Waals surface area contributed by atoms with E-state index in [9.17, 15) is 24.8 Å². The van der Waals surface area contributed by atoms with Crippen molar-refractivity contribution in [2.45, 2.75) is 31.1 Å². The molecular formula is C23H22N2O7. The highest BCUT2D eigenvalue weighted by Gasteiger charge is 2.39. The zero-order valence-corrected chi connectivity index (χ0v) is 17.6. The van der Waals surface area contributed by atoms with Crippen LogP contribution in [0.3, 0.4) is 0 Å². The van der Waals surface area contributed by atoms with Crippen molar-refractivity contribution >= 4 is 17.4 Å². The van der Waals surface area contributed by atoms with Gasteiger partial charge >= 0.3 is 5.69 Å². The molecule has 0 fully saturated rings. The Hall–Kier alpha value is -3.88. The number of hydrogen-bond acceptors (Lipinski definition) is 7. The van der Waals surface area contributed by atoms with Crippen molar-refractivity contribution in [3.05, 3.63) is 68.9 Å². The van der Waals surface area contributed by atoms with Crippen LogP contribution < -0.4 is 14.8 Å². The van der Waals surface area contributed by atoms with Gasteiger partial charge in [0.05, 0.1) is 19.1 Å². The van der Waals surface area contributed by atoms with Gasteiger partial charge in [0.15, 0.2) is 11.5 Å². The Morgan fingerprint density at radius 2 is 1.75 bits per heavy atom. The number of hydrogen-bond donors (Lipinski definition) is 2. The van der Waals surface area contributed by atoms with E-state index in [0.29, 0.717) is 29.0 Å². The third-order valence-corrected chi connectivity index (χ3v) is 6.02. The zero-order valence-electron chi connectivity index (χ0n) is 17.6. The van der Waals surface area contributed by atoms with Gasteiger partial charge in [-0.1, -0.05) is 12.1 Å². The number of carbonyl (C=O) groups excluding carboxylic acids is 2. The summed E-state index contributed by atoms with van der Waals surface area (Å²) in [5.41, 5.74) is 1.80. The van der Waals surface area contributed by atoms with E-state index >= 15 is 0 Å². The van der Waals surface area contributed by atoms with Crippen molar-refractivity contribution in [2.24, 2.45) is 0 Å². The van der Waals surface area contributed by atoms with Gasteiger partial charge in [0.2, 0.25) is 11.7 Å². The van der Waals surface area contributed by atoms with Crippen LogP contribution in [0.25, 0.3) is 0 Å². The maximum absolute atomic E-state index is 13.2. The fourth-order valence-electron chi connectivity index (χ4n) is 4.47. The lowest BCUT2D eigenvalue weighted by Gasteiger charge is -2.34. The number of phenols is 1. The number of aromatic hydroxyl groups is 1. The molecule has 0 radical (unpaired) electrons. The molecule has 2 aromatic rings. The molecule has 4 rings (SSSR count). The number of nitrogens with one attached hydrogen (secondary N) is 1. The van der Waals surface area contributed by atoms with Crippen LogP contribution in [0.15, 0.2) is 47.7 Å². The maximum atomic E-state index is 13.2. The molecule has 32 heavy (non-hydrogen) atoms. The van der Waals surface area contributed by atoms with Crippen LogP contribution in [-0.2, 0) is 9.59 Å². The molecule has 0 saturated heterocycles. The van der Waals surface area contributed by atoms with Crippen molar-refractivity contribution in [2.75, 3.05) is 14.2 Å². The van der Waals surface area contributed by atoms with Crippen LogP contribution >= 0.6 is 0 Å². The molecule has 0 saturated carbocycles. The molecule has 9 nitrogen and oxygen atoms in total. The summed E-state index contributed by atoms with van der Waals surface area (Å²) >= 11 is 0. The summed E-state index contributed by atoms with van der Waals surface area (Å²) in [5.74, 6) is -1.11. The average molecular weight is 438 g/mol. The van der Waals surface area contributed by atoms with Gasteiger partial charge in [-0.2, -0.15) is 0 Å². The van der Waals surface area contributed by atoms with Gasteiger partial charge in [-0.05, 0) is 41.7 Å². The number of amides is 1. The highest BCUT2D eigenvalue weighted by atomic mass is 16.6. The number of methoxy groups -OCH3 is 2. The van der Waals surface area contributed by atoms with Crippen LogP contribution in [-0.4, -0.2) is 35.9 Å². The molecule has 1 amide bonds. The van der Waals surface area contributed by atoms with Crippen molar-refractivity contribution in [1.82, 2.24) is 5.32 Å². The number of phenolic OH excluding ortho intramolecular Hbond substituents is 1. The molecule has 166 valence electrons. The van der Waals surface area contributed by atoms with Crippen LogP contribution in [0.2, 0.25) is 0 Å². The molecule has 1 aliphatic heterocycles. The summed E-state index contributed by atoms with van der Waals surface area (Å²) in [6.45, 7) is 0. The molecular weight excluding hydrogens is 416 g/mol. The fraction of sp³-hybridized carbons (Fsp3) is 0.304. The number of ether oxygens (including phenoxy) is 2. The summed E-state index contributed by atoms with van der Waals surface area (Å²) < 4.78 is 10.3. The quantitative estimate of drug-likeness (QED) is 0.541. The molecule has 2 aliphatic rings. The molecule has 0 spiro atoms. The van der Waals surface area contributed by atoms with Gasteiger partial charge in [0.1, 0.15) is 5.75 Å². The highest BCUT2D eigenvalue weighted by Crippen LogP contribution is 2.46. The molecule has 2 unspecified atom stereocenters. The van der Waals surface area contributed by atoms with Gasteiger partial charge in [-0.25, -0.2) is 0 Å². The van der Waals surface area contributed by atoms with E-state index in [0.717, 1.165) is 5.56 Å². The third-order valence-electron chi connectivity index (χ3n) is 6.02. The normalized spacial score (nSPS) is 20.4. The van der Waals surface area contributed by atoms with Crippen molar-refractivity contribution in [3.8, 4) is 17.2 Å². The first-order chi connectivity index (χ1) is 15.3. The van der Waals surface area contributed by atoms with Gasteiger partial charge < -0.3 is 19.9 Å². The Bertz CT molecular complexity index is 1140. The SMILES string of the molecule is COc1ccc(C2CC(=O)C3=C(C2)NC(=O)CC3c2cc(OC)c(O)c([N+](=O)[O-])c2)cc1. The van der Waals surface area contributed by atoms with Crippen LogP contribution in [0.1, 0.15) is 42.2 Å². The number of carbonyl (C=O) groups is 2. The molecule has 2 atom stereocenters. The summed E-state index contributed by atoms with van der Waals surface area (Å²) in [6.07, 6.45) is 0.699. The number of rotatable bonds is 5.